The van der Waals surface area contributed by atoms with E-state index in [9.17, 15) is 19.7 Å². The molecule has 0 aliphatic carbocycles. The van der Waals surface area contributed by atoms with Crippen LogP contribution in [0.15, 0.2) is 36.4 Å². The Morgan fingerprint density at radius 3 is 2.60 bits per heavy atom. The first-order chi connectivity index (χ1) is 11.8. The molecule has 9 heteroatoms. The maximum Gasteiger partial charge on any atom is 0.345 e. The third-order valence-electron chi connectivity index (χ3n) is 3.18. The van der Waals surface area contributed by atoms with Gasteiger partial charge in [0.1, 0.15) is 5.56 Å². The van der Waals surface area contributed by atoms with E-state index in [-0.39, 0.29) is 16.3 Å². The zero-order chi connectivity index (χ0) is 18.6. The predicted molar refractivity (Wildman–Crippen MR) is 93.2 cm³/mol. The maximum atomic E-state index is 12.0. The van der Waals surface area contributed by atoms with Crippen LogP contribution in [-0.4, -0.2) is 23.4 Å². The summed E-state index contributed by atoms with van der Waals surface area (Å²) in [7, 11) is 0. The molecule has 0 bridgehead atoms. The van der Waals surface area contributed by atoms with Crippen LogP contribution in [0.2, 0.25) is 10.0 Å². The van der Waals surface area contributed by atoms with Gasteiger partial charge in [-0.2, -0.15) is 0 Å². The molecule has 0 spiro atoms. The molecule has 0 atom stereocenters. The predicted octanol–water partition coefficient (Wildman–Crippen LogP) is 4.01. The second kappa shape index (κ2) is 7.96. The van der Waals surface area contributed by atoms with Crippen LogP contribution >= 0.6 is 23.2 Å². The molecular formula is C16H12Cl2N2O5. The fraction of sp³-hybridized carbons (Fsp3) is 0.125. The van der Waals surface area contributed by atoms with Gasteiger partial charge in [0.2, 0.25) is 0 Å². The summed E-state index contributed by atoms with van der Waals surface area (Å²) in [6, 6.07) is 8.74. The van der Waals surface area contributed by atoms with Gasteiger partial charge in [0, 0.05) is 10.6 Å². The van der Waals surface area contributed by atoms with Gasteiger partial charge < -0.3 is 10.1 Å². The Bertz CT molecular complexity index is 854. The van der Waals surface area contributed by atoms with E-state index in [1.54, 1.807) is 0 Å². The molecule has 7 nitrogen and oxygen atoms in total. The first kappa shape index (κ1) is 18.7. The van der Waals surface area contributed by atoms with Gasteiger partial charge in [-0.1, -0.05) is 35.3 Å². The minimum Gasteiger partial charge on any atom is -0.452 e. The van der Waals surface area contributed by atoms with Gasteiger partial charge in [-0.05, 0) is 31.2 Å². The van der Waals surface area contributed by atoms with Crippen molar-refractivity contribution in [1.29, 1.82) is 0 Å². The lowest BCUT2D eigenvalue weighted by atomic mass is 10.1. The number of carbonyl (C=O) groups excluding carboxylic acids is 2. The van der Waals surface area contributed by atoms with Crippen LogP contribution in [0.4, 0.5) is 11.4 Å². The number of nitrogens with zero attached hydrogens (tertiary/aromatic N) is 1. The summed E-state index contributed by atoms with van der Waals surface area (Å²) < 4.78 is 4.85. The number of hydrogen-bond donors (Lipinski definition) is 1. The molecule has 0 aliphatic heterocycles. The second-order valence-corrected chi connectivity index (χ2v) is 5.82. The largest absolute Gasteiger partial charge is 0.452 e. The monoisotopic (exact) mass is 382 g/mol. The van der Waals surface area contributed by atoms with Gasteiger partial charge in [-0.3, -0.25) is 14.9 Å². The normalized spacial score (nSPS) is 10.2. The van der Waals surface area contributed by atoms with Crippen molar-refractivity contribution < 1.29 is 19.2 Å². The number of para-hydroxylation sites is 1. The highest BCUT2D eigenvalue weighted by Gasteiger charge is 2.24. The van der Waals surface area contributed by atoms with E-state index in [1.165, 1.54) is 43.3 Å². The van der Waals surface area contributed by atoms with Gasteiger partial charge in [0.25, 0.3) is 11.6 Å². The van der Waals surface area contributed by atoms with E-state index in [0.29, 0.717) is 16.3 Å². The zero-order valence-electron chi connectivity index (χ0n) is 12.9. The topological polar surface area (TPSA) is 98.5 Å². The minimum atomic E-state index is -0.965. The van der Waals surface area contributed by atoms with Crippen LogP contribution in [0.25, 0.3) is 0 Å². The van der Waals surface area contributed by atoms with Crippen molar-refractivity contribution in [3.63, 3.8) is 0 Å². The van der Waals surface area contributed by atoms with Gasteiger partial charge in [-0.15, -0.1) is 0 Å². The number of carbonyl (C=O) groups is 2. The molecule has 2 aromatic rings. The number of rotatable bonds is 5. The molecule has 0 unspecified atom stereocenters. The number of benzene rings is 2. The van der Waals surface area contributed by atoms with E-state index >= 15 is 0 Å². The lowest BCUT2D eigenvalue weighted by Crippen LogP contribution is -2.21. The maximum absolute atomic E-state index is 12.0. The summed E-state index contributed by atoms with van der Waals surface area (Å²) in [5.74, 6) is -1.61. The van der Waals surface area contributed by atoms with Gasteiger partial charge >= 0.3 is 5.97 Å². The van der Waals surface area contributed by atoms with E-state index in [4.69, 9.17) is 27.9 Å². The van der Waals surface area contributed by atoms with E-state index < -0.39 is 23.4 Å². The average molecular weight is 383 g/mol. The highest BCUT2D eigenvalue weighted by Crippen LogP contribution is 2.26. The van der Waals surface area contributed by atoms with Gasteiger partial charge in [-0.25, -0.2) is 4.79 Å². The molecule has 1 amide bonds. The van der Waals surface area contributed by atoms with Crippen molar-refractivity contribution in [3.8, 4) is 0 Å². The number of ether oxygens (including phenoxy) is 1. The molecule has 0 heterocycles. The summed E-state index contributed by atoms with van der Waals surface area (Å²) in [5.41, 5.74) is 0.0430. The smallest absolute Gasteiger partial charge is 0.345 e. The molecule has 0 fully saturated rings. The fourth-order valence-corrected chi connectivity index (χ4v) is 2.51. The Labute approximate surface area is 152 Å². The summed E-state index contributed by atoms with van der Waals surface area (Å²) in [5, 5.41) is 14.2. The third-order valence-corrected chi connectivity index (χ3v) is 3.73. The Morgan fingerprint density at radius 1 is 1.24 bits per heavy atom. The van der Waals surface area contributed by atoms with E-state index in [1.807, 2.05) is 0 Å². The number of esters is 1. The fourth-order valence-electron chi connectivity index (χ4n) is 2.05. The molecule has 0 saturated heterocycles. The lowest BCUT2D eigenvalue weighted by Gasteiger charge is -2.09. The summed E-state index contributed by atoms with van der Waals surface area (Å²) >= 11 is 11.7. The van der Waals surface area contributed by atoms with Crippen molar-refractivity contribution in [2.24, 2.45) is 0 Å². The van der Waals surface area contributed by atoms with E-state index in [2.05, 4.69) is 5.32 Å². The molecule has 0 saturated carbocycles. The number of aryl methyl sites for hydroxylation is 1. The zero-order valence-corrected chi connectivity index (χ0v) is 14.4. The first-order valence-corrected chi connectivity index (χ1v) is 7.71. The molecule has 2 rings (SSSR count). The molecule has 0 radical (unpaired) electrons. The standard InChI is InChI=1S/C16H12Cl2N2O5/c1-9-3-2-4-11(15(9)20(23)24)16(22)25-8-14(21)19-13-6-5-10(17)7-12(13)18/h2-7H,8H2,1H3,(H,19,21). The second-order valence-electron chi connectivity index (χ2n) is 4.98. The Hall–Kier alpha value is -2.64. The van der Waals surface area contributed by atoms with Crippen molar-refractivity contribution in [3.05, 3.63) is 67.7 Å². The average Bonchev–Trinajstić information content (AvgIpc) is 2.54. The highest BCUT2D eigenvalue weighted by molar-refractivity contribution is 6.36. The van der Waals surface area contributed by atoms with Crippen molar-refractivity contribution in [2.75, 3.05) is 11.9 Å². The first-order valence-electron chi connectivity index (χ1n) is 6.95. The molecule has 2 aromatic carbocycles. The molecular weight excluding hydrogens is 371 g/mol. The van der Waals surface area contributed by atoms with Crippen LogP contribution in [0.5, 0.6) is 0 Å². The highest BCUT2D eigenvalue weighted by atomic mass is 35.5. The number of anilines is 1. The summed E-state index contributed by atoms with van der Waals surface area (Å²) in [6.07, 6.45) is 0. The van der Waals surface area contributed by atoms with Crippen molar-refractivity contribution in [1.82, 2.24) is 0 Å². The molecule has 1 N–H and O–H groups in total. The van der Waals surface area contributed by atoms with Gasteiger partial charge in [0.05, 0.1) is 15.6 Å². The van der Waals surface area contributed by atoms with Crippen LogP contribution in [0.1, 0.15) is 15.9 Å². The van der Waals surface area contributed by atoms with Crippen LogP contribution in [-0.2, 0) is 9.53 Å². The molecule has 0 aromatic heterocycles. The van der Waals surface area contributed by atoms with Crippen LogP contribution in [0.3, 0.4) is 0 Å². The summed E-state index contributed by atoms with van der Waals surface area (Å²) in [6.45, 7) is 0.882. The number of nitro benzene ring substituents is 1. The minimum absolute atomic E-state index is 0.220. The molecule has 130 valence electrons. The number of nitrogens with one attached hydrogen (secondary N) is 1. The number of hydrogen-bond acceptors (Lipinski definition) is 5. The number of halogens is 2. The quantitative estimate of drug-likeness (QED) is 0.478. The van der Waals surface area contributed by atoms with E-state index in [0.717, 1.165) is 0 Å². The van der Waals surface area contributed by atoms with Crippen LogP contribution < -0.4 is 5.32 Å². The summed E-state index contributed by atoms with van der Waals surface area (Å²) in [4.78, 5) is 34.3. The van der Waals surface area contributed by atoms with Crippen LogP contribution in [0, 0.1) is 17.0 Å². The number of amides is 1. The third kappa shape index (κ3) is 4.68. The Morgan fingerprint density at radius 2 is 1.96 bits per heavy atom. The molecule has 0 aliphatic rings. The van der Waals surface area contributed by atoms with Gasteiger partial charge in [0.15, 0.2) is 6.61 Å². The number of nitro groups is 1. The molecule has 25 heavy (non-hydrogen) atoms. The van der Waals surface area contributed by atoms with Crippen molar-refractivity contribution in [2.45, 2.75) is 6.92 Å². The van der Waals surface area contributed by atoms with Crippen molar-refractivity contribution >= 4 is 46.5 Å². The Kier molecular flexibility index (Phi) is 5.95. The Balaban J connectivity index is 2.04. The SMILES string of the molecule is Cc1cccc(C(=O)OCC(=O)Nc2ccc(Cl)cc2Cl)c1[N+](=O)[O-]. The lowest BCUT2D eigenvalue weighted by molar-refractivity contribution is -0.385.